The van der Waals surface area contributed by atoms with Crippen LogP contribution in [0.5, 0.6) is 0 Å². The maximum atomic E-state index is 11.2. The molecule has 4 heteroatoms. The molecule has 1 aromatic carbocycles. The van der Waals surface area contributed by atoms with Crippen LogP contribution >= 0.6 is 15.9 Å². The van der Waals surface area contributed by atoms with Gasteiger partial charge in [0.1, 0.15) is 0 Å². The third kappa shape index (κ3) is 3.62. The van der Waals surface area contributed by atoms with E-state index in [1.807, 2.05) is 24.3 Å². The minimum absolute atomic E-state index is 0.202. The molecule has 0 unspecified atom stereocenters. The van der Waals surface area contributed by atoms with Gasteiger partial charge in [-0.3, -0.25) is 4.79 Å². The SMILES string of the molecule is CCOC(=O)C(=O)/C=C/c1ccccc1Br. The normalized spacial score (nSPS) is 10.4. The van der Waals surface area contributed by atoms with Crippen LogP contribution in [0.3, 0.4) is 0 Å². The Hall–Kier alpha value is -1.42. The Morgan fingerprint density at radius 2 is 2.06 bits per heavy atom. The highest BCUT2D eigenvalue weighted by Crippen LogP contribution is 2.16. The summed E-state index contributed by atoms with van der Waals surface area (Å²) in [6, 6.07) is 7.40. The number of carbonyl (C=O) groups is 2. The third-order valence-corrected chi connectivity index (χ3v) is 2.52. The predicted molar refractivity (Wildman–Crippen MR) is 64.8 cm³/mol. The van der Waals surface area contributed by atoms with Crippen LogP contribution in [-0.2, 0) is 14.3 Å². The topological polar surface area (TPSA) is 43.4 Å². The molecule has 0 fully saturated rings. The number of halogens is 1. The Balaban J connectivity index is 2.71. The summed E-state index contributed by atoms with van der Waals surface area (Å²) in [5.74, 6) is -1.48. The lowest BCUT2D eigenvalue weighted by atomic mass is 10.2. The summed E-state index contributed by atoms with van der Waals surface area (Å²) in [6.07, 6.45) is 2.78. The number of benzene rings is 1. The number of rotatable bonds is 4. The van der Waals surface area contributed by atoms with E-state index < -0.39 is 11.8 Å². The van der Waals surface area contributed by atoms with Gasteiger partial charge in [-0.25, -0.2) is 4.79 Å². The van der Waals surface area contributed by atoms with Crippen LogP contribution in [0.15, 0.2) is 34.8 Å². The second-order valence-corrected chi connectivity index (χ2v) is 3.79. The number of hydrogen-bond acceptors (Lipinski definition) is 3. The second-order valence-electron chi connectivity index (χ2n) is 2.94. The molecule has 0 spiro atoms. The first-order chi connectivity index (χ1) is 7.65. The fourth-order valence-electron chi connectivity index (χ4n) is 1.05. The average Bonchev–Trinajstić information content (AvgIpc) is 2.28. The summed E-state index contributed by atoms with van der Waals surface area (Å²) in [5.41, 5.74) is 0.833. The van der Waals surface area contributed by atoms with E-state index in [4.69, 9.17) is 0 Å². The van der Waals surface area contributed by atoms with Gasteiger partial charge in [-0.1, -0.05) is 34.1 Å². The largest absolute Gasteiger partial charge is 0.460 e. The van der Waals surface area contributed by atoms with Crippen LogP contribution in [0, 0.1) is 0 Å². The highest BCUT2D eigenvalue weighted by atomic mass is 79.9. The van der Waals surface area contributed by atoms with Gasteiger partial charge in [0.25, 0.3) is 5.78 Å². The van der Waals surface area contributed by atoms with Crippen molar-refractivity contribution in [1.82, 2.24) is 0 Å². The van der Waals surface area contributed by atoms with E-state index in [1.165, 1.54) is 6.08 Å². The van der Waals surface area contributed by atoms with E-state index in [2.05, 4.69) is 20.7 Å². The molecule has 1 rings (SSSR count). The Morgan fingerprint density at radius 3 is 2.69 bits per heavy atom. The molecule has 0 aromatic heterocycles. The molecule has 0 heterocycles. The molecule has 0 aliphatic carbocycles. The summed E-state index contributed by atoms with van der Waals surface area (Å²) in [5, 5.41) is 0. The van der Waals surface area contributed by atoms with Gasteiger partial charge in [-0.2, -0.15) is 0 Å². The number of ketones is 1. The number of ether oxygens (including phenoxy) is 1. The first kappa shape index (κ1) is 12.6. The van der Waals surface area contributed by atoms with E-state index in [0.29, 0.717) is 0 Å². The van der Waals surface area contributed by atoms with Gasteiger partial charge < -0.3 is 4.74 Å². The van der Waals surface area contributed by atoms with Crippen molar-refractivity contribution in [2.75, 3.05) is 6.61 Å². The molecule has 0 aliphatic heterocycles. The highest BCUT2D eigenvalue weighted by molar-refractivity contribution is 9.10. The monoisotopic (exact) mass is 282 g/mol. The first-order valence-corrected chi connectivity index (χ1v) is 5.58. The Bertz CT molecular complexity index is 424. The van der Waals surface area contributed by atoms with Crippen LogP contribution in [-0.4, -0.2) is 18.4 Å². The minimum atomic E-state index is -0.828. The molecule has 0 atom stereocenters. The summed E-state index contributed by atoms with van der Waals surface area (Å²) in [6.45, 7) is 1.86. The fourth-order valence-corrected chi connectivity index (χ4v) is 1.46. The molecule has 1 aromatic rings. The van der Waals surface area contributed by atoms with Crippen molar-refractivity contribution in [3.8, 4) is 0 Å². The van der Waals surface area contributed by atoms with E-state index >= 15 is 0 Å². The van der Waals surface area contributed by atoms with E-state index in [1.54, 1.807) is 13.0 Å². The van der Waals surface area contributed by atoms with Gasteiger partial charge in [0, 0.05) is 4.47 Å². The number of carbonyl (C=O) groups excluding carboxylic acids is 2. The van der Waals surface area contributed by atoms with Gasteiger partial charge in [0.2, 0.25) is 0 Å². The zero-order valence-electron chi connectivity index (χ0n) is 8.77. The highest BCUT2D eigenvalue weighted by Gasteiger charge is 2.10. The van der Waals surface area contributed by atoms with Gasteiger partial charge in [-0.05, 0) is 30.7 Å². The van der Waals surface area contributed by atoms with Crippen molar-refractivity contribution in [2.24, 2.45) is 0 Å². The molecule has 0 bridgehead atoms. The zero-order chi connectivity index (χ0) is 12.0. The predicted octanol–water partition coefficient (Wildman–Crippen LogP) is 2.59. The standard InChI is InChI=1S/C12H11BrO3/c1-2-16-12(15)11(14)8-7-9-5-3-4-6-10(9)13/h3-8H,2H2,1H3/b8-7+. The van der Waals surface area contributed by atoms with Gasteiger partial charge >= 0.3 is 5.97 Å². The van der Waals surface area contributed by atoms with Crippen LogP contribution in [0.1, 0.15) is 12.5 Å². The maximum Gasteiger partial charge on any atom is 0.379 e. The third-order valence-electron chi connectivity index (χ3n) is 1.80. The lowest BCUT2D eigenvalue weighted by molar-refractivity contribution is -0.151. The van der Waals surface area contributed by atoms with E-state index in [-0.39, 0.29) is 6.61 Å². The lowest BCUT2D eigenvalue weighted by Crippen LogP contribution is -2.14. The zero-order valence-corrected chi connectivity index (χ0v) is 10.4. The van der Waals surface area contributed by atoms with Crippen LogP contribution < -0.4 is 0 Å². The number of esters is 1. The van der Waals surface area contributed by atoms with Crippen molar-refractivity contribution in [2.45, 2.75) is 6.92 Å². The van der Waals surface area contributed by atoms with Crippen molar-refractivity contribution in [3.05, 3.63) is 40.4 Å². The maximum absolute atomic E-state index is 11.2. The van der Waals surface area contributed by atoms with Gasteiger partial charge in [0.05, 0.1) is 6.61 Å². The molecule has 0 aliphatic rings. The molecule has 3 nitrogen and oxygen atoms in total. The smallest absolute Gasteiger partial charge is 0.379 e. The Morgan fingerprint density at radius 1 is 1.38 bits per heavy atom. The summed E-state index contributed by atoms with van der Waals surface area (Å²) >= 11 is 3.34. The van der Waals surface area contributed by atoms with E-state index in [9.17, 15) is 9.59 Å². The quantitative estimate of drug-likeness (QED) is 0.484. The average molecular weight is 283 g/mol. The van der Waals surface area contributed by atoms with Crippen molar-refractivity contribution >= 4 is 33.8 Å². The summed E-state index contributed by atoms with van der Waals surface area (Å²) in [7, 11) is 0. The first-order valence-electron chi connectivity index (χ1n) is 4.79. The molecule has 0 saturated heterocycles. The summed E-state index contributed by atoms with van der Waals surface area (Å²) in [4.78, 5) is 22.3. The Labute approximate surface area is 102 Å². The van der Waals surface area contributed by atoms with Crippen LogP contribution in [0.2, 0.25) is 0 Å². The molecule has 84 valence electrons. The van der Waals surface area contributed by atoms with Crippen LogP contribution in [0.25, 0.3) is 6.08 Å². The van der Waals surface area contributed by atoms with Crippen molar-refractivity contribution in [1.29, 1.82) is 0 Å². The van der Waals surface area contributed by atoms with Crippen LogP contribution in [0.4, 0.5) is 0 Å². The molecular formula is C12H11BrO3. The molecule has 0 saturated carbocycles. The lowest BCUT2D eigenvalue weighted by Gasteiger charge is -1.97. The molecule has 0 N–H and O–H groups in total. The molecule has 0 radical (unpaired) electrons. The van der Waals surface area contributed by atoms with Crippen molar-refractivity contribution < 1.29 is 14.3 Å². The Kier molecular flexibility index (Phi) is 4.92. The summed E-state index contributed by atoms with van der Waals surface area (Å²) < 4.78 is 5.43. The molecule has 0 amide bonds. The molecule has 16 heavy (non-hydrogen) atoms. The number of hydrogen-bond donors (Lipinski definition) is 0. The molecular weight excluding hydrogens is 272 g/mol. The van der Waals surface area contributed by atoms with Gasteiger partial charge in [-0.15, -0.1) is 0 Å². The fraction of sp³-hybridized carbons (Fsp3) is 0.167. The minimum Gasteiger partial charge on any atom is -0.460 e. The second kappa shape index (κ2) is 6.23. The van der Waals surface area contributed by atoms with Crippen molar-refractivity contribution in [3.63, 3.8) is 0 Å². The van der Waals surface area contributed by atoms with Gasteiger partial charge in [0.15, 0.2) is 0 Å². The van der Waals surface area contributed by atoms with E-state index in [0.717, 1.165) is 10.0 Å².